The summed E-state index contributed by atoms with van der Waals surface area (Å²) in [6.07, 6.45) is 0. The molecule has 0 aliphatic rings. The summed E-state index contributed by atoms with van der Waals surface area (Å²) in [7, 11) is -3.15. The number of para-hydroxylation sites is 4. The standard InChI is InChI=1S/C52H33N4OP/c57-58(37-15-3-1-4-16-37,38-17-5-2-6-18-38)39-30-29-34-27-28-35(31-36(34)32-39)44-33-45-41-20-10-13-25-48(41)55(50(45)42-21-8-7-19-40(42)44)52-54-46-23-11-9-22-43(46)51-53-47-24-12-14-26-49(47)56(51)52/h1-33H. The summed E-state index contributed by atoms with van der Waals surface area (Å²) in [5.41, 5.74) is 8.12. The highest BCUT2D eigenvalue weighted by molar-refractivity contribution is 7.85. The van der Waals surface area contributed by atoms with Gasteiger partial charge < -0.3 is 4.57 Å². The second-order valence-corrected chi connectivity index (χ2v) is 17.7. The van der Waals surface area contributed by atoms with Crippen LogP contribution in [0, 0.1) is 0 Å². The maximum absolute atomic E-state index is 15.4. The molecule has 12 rings (SSSR count). The number of fused-ring (bicyclic) bond motifs is 11. The first kappa shape index (κ1) is 32.9. The molecule has 0 atom stereocenters. The maximum atomic E-state index is 15.4. The van der Waals surface area contributed by atoms with E-state index in [0.717, 1.165) is 104 Å². The van der Waals surface area contributed by atoms with E-state index < -0.39 is 7.14 Å². The van der Waals surface area contributed by atoms with Crippen molar-refractivity contribution in [2.24, 2.45) is 0 Å². The number of hydrogen-bond donors (Lipinski definition) is 0. The van der Waals surface area contributed by atoms with E-state index in [0.29, 0.717) is 0 Å². The molecule has 6 heteroatoms. The van der Waals surface area contributed by atoms with E-state index in [2.05, 4.69) is 130 Å². The number of hydrogen-bond acceptors (Lipinski definition) is 3. The Morgan fingerprint density at radius 3 is 1.78 bits per heavy atom. The molecule has 272 valence electrons. The first-order valence-electron chi connectivity index (χ1n) is 19.5. The molecule has 58 heavy (non-hydrogen) atoms. The molecule has 3 heterocycles. The van der Waals surface area contributed by atoms with Gasteiger partial charge in [-0.25, -0.2) is 9.97 Å². The maximum Gasteiger partial charge on any atom is 0.221 e. The Morgan fingerprint density at radius 1 is 0.414 bits per heavy atom. The Balaban J connectivity index is 1.13. The molecule has 0 aliphatic carbocycles. The van der Waals surface area contributed by atoms with Gasteiger partial charge in [-0.05, 0) is 75.8 Å². The molecule has 0 aliphatic heterocycles. The van der Waals surface area contributed by atoms with Crippen molar-refractivity contribution in [3.8, 4) is 17.1 Å². The number of nitrogens with zero attached hydrogens (tertiary/aromatic N) is 4. The molecule has 0 radical (unpaired) electrons. The van der Waals surface area contributed by atoms with Gasteiger partial charge in [-0.2, -0.15) is 0 Å². The molecular weight excluding hydrogens is 728 g/mol. The van der Waals surface area contributed by atoms with Crippen LogP contribution in [-0.4, -0.2) is 18.9 Å². The minimum Gasteiger partial charge on any atom is -0.309 e. The van der Waals surface area contributed by atoms with Gasteiger partial charge in [0.05, 0.1) is 27.6 Å². The summed E-state index contributed by atoms with van der Waals surface area (Å²) in [5, 5.41) is 10.2. The van der Waals surface area contributed by atoms with E-state index in [-0.39, 0.29) is 0 Å². The number of aromatic nitrogens is 4. The van der Waals surface area contributed by atoms with E-state index in [9.17, 15) is 0 Å². The first-order valence-corrected chi connectivity index (χ1v) is 21.2. The fourth-order valence-electron chi connectivity index (χ4n) is 9.07. The average molecular weight is 761 g/mol. The van der Waals surface area contributed by atoms with Crippen molar-refractivity contribution >= 4 is 94.0 Å². The Labute approximate surface area is 333 Å². The number of benzene rings is 9. The highest BCUT2D eigenvalue weighted by Crippen LogP contribution is 2.45. The second kappa shape index (κ2) is 12.6. The van der Waals surface area contributed by atoms with Crippen LogP contribution >= 0.6 is 7.14 Å². The van der Waals surface area contributed by atoms with Gasteiger partial charge in [-0.1, -0.05) is 152 Å². The van der Waals surface area contributed by atoms with E-state index >= 15 is 4.57 Å². The van der Waals surface area contributed by atoms with Crippen LogP contribution in [0.4, 0.5) is 0 Å². The molecular formula is C52H33N4OP. The van der Waals surface area contributed by atoms with Crippen molar-refractivity contribution in [2.45, 2.75) is 0 Å². The van der Waals surface area contributed by atoms with Crippen molar-refractivity contribution in [2.75, 3.05) is 0 Å². The summed E-state index contributed by atoms with van der Waals surface area (Å²) in [5.74, 6) is 0.797. The second-order valence-electron chi connectivity index (χ2n) is 14.9. The smallest absolute Gasteiger partial charge is 0.221 e. The van der Waals surface area contributed by atoms with Crippen LogP contribution in [-0.2, 0) is 4.57 Å². The summed E-state index contributed by atoms with van der Waals surface area (Å²) < 4.78 is 19.9. The minimum atomic E-state index is -3.15. The van der Waals surface area contributed by atoms with Crippen LogP contribution in [0.3, 0.4) is 0 Å². The van der Waals surface area contributed by atoms with Crippen LogP contribution in [0.15, 0.2) is 200 Å². The quantitative estimate of drug-likeness (QED) is 0.164. The summed E-state index contributed by atoms with van der Waals surface area (Å²) in [6.45, 7) is 0. The molecule has 12 aromatic rings. The largest absolute Gasteiger partial charge is 0.309 e. The van der Waals surface area contributed by atoms with E-state index in [1.807, 2.05) is 78.9 Å². The summed E-state index contributed by atoms with van der Waals surface area (Å²) >= 11 is 0. The zero-order chi connectivity index (χ0) is 38.4. The molecule has 5 nitrogen and oxygen atoms in total. The fourth-order valence-corrected chi connectivity index (χ4v) is 11.8. The van der Waals surface area contributed by atoms with Crippen molar-refractivity contribution in [3.05, 3.63) is 200 Å². The van der Waals surface area contributed by atoms with Crippen molar-refractivity contribution < 1.29 is 4.57 Å². The SMILES string of the molecule is O=P(c1ccccc1)(c1ccccc1)c1ccc2ccc(-c3cc4c5ccccc5n(-c5nc6ccccc6c6nc7ccccc7n56)c4c4ccccc34)cc2c1. The van der Waals surface area contributed by atoms with Crippen LogP contribution in [0.1, 0.15) is 0 Å². The van der Waals surface area contributed by atoms with Crippen molar-refractivity contribution in [3.63, 3.8) is 0 Å². The number of imidazole rings is 1. The van der Waals surface area contributed by atoms with E-state index in [1.54, 1.807) is 0 Å². The third-order valence-electron chi connectivity index (χ3n) is 11.7. The highest BCUT2D eigenvalue weighted by Gasteiger charge is 2.30. The van der Waals surface area contributed by atoms with Gasteiger partial charge in [0.1, 0.15) is 5.65 Å². The normalized spacial score (nSPS) is 12.2. The Morgan fingerprint density at radius 2 is 1.02 bits per heavy atom. The van der Waals surface area contributed by atoms with E-state index in [4.69, 9.17) is 9.97 Å². The lowest BCUT2D eigenvalue weighted by molar-refractivity contribution is 0.592. The lowest BCUT2D eigenvalue weighted by Gasteiger charge is -2.20. The van der Waals surface area contributed by atoms with Gasteiger partial charge in [0.15, 0.2) is 7.14 Å². The van der Waals surface area contributed by atoms with Gasteiger partial charge in [-0.3, -0.25) is 8.97 Å². The van der Waals surface area contributed by atoms with Gasteiger partial charge >= 0.3 is 0 Å². The topological polar surface area (TPSA) is 52.2 Å². The van der Waals surface area contributed by atoms with Crippen LogP contribution in [0.2, 0.25) is 0 Å². The van der Waals surface area contributed by atoms with Gasteiger partial charge in [0, 0.05) is 37.5 Å². The Kier molecular flexibility index (Phi) is 7.14. The third-order valence-corrected chi connectivity index (χ3v) is 14.8. The highest BCUT2D eigenvalue weighted by atomic mass is 31.2. The molecule has 0 saturated carbocycles. The molecule has 0 fully saturated rings. The number of rotatable bonds is 5. The predicted molar refractivity (Wildman–Crippen MR) is 242 cm³/mol. The third kappa shape index (κ3) is 4.75. The van der Waals surface area contributed by atoms with Crippen molar-refractivity contribution in [1.82, 2.24) is 18.9 Å². The van der Waals surface area contributed by atoms with Gasteiger partial charge in [-0.15, -0.1) is 0 Å². The van der Waals surface area contributed by atoms with Crippen LogP contribution < -0.4 is 15.9 Å². The zero-order valence-corrected chi connectivity index (χ0v) is 32.1. The Hall–Kier alpha value is -7.33. The van der Waals surface area contributed by atoms with Crippen LogP contribution in [0.25, 0.3) is 88.0 Å². The predicted octanol–water partition coefficient (Wildman–Crippen LogP) is 11.7. The molecule has 0 N–H and O–H groups in total. The molecule has 0 spiro atoms. The zero-order valence-electron chi connectivity index (χ0n) is 31.2. The van der Waals surface area contributed by atoms with Gasteiger partial charge in [0.25, 0.3) is 0 Å². The summed E-state index contributed by atoms with van der Waals surface area (Å²) in [6, 6.07) is 69.0. The lowest BCUT2D eigenvalue weighted by atomic mass is 9.94. The molecule has 0 saturated heterocycles. The van der Waals surface area contributed by atoms with E-state index in [1.165, 1.54) is 0 Å². The van der Waals surface area contributed by atoms with Gasteiger partial charge in [0.2, 0.25) is 5.95 Å². The Bertz CT molecular complexity index is 3620. The molecule has 0 amide bonds. The molecule has 9 aromatic carbocycles. The molecule has 0 unspecified atom stereocenters. The first-order chi connectivity index (χ1) is 28.6. The van der Waals surface area contributed by atoms with Crippen LogP contribution in [0.5, 0.6) is 0 Å². The monoisotopic (exact) mass is 760 g/mol. The van der Waals surface area contributed by atoms with Crippen molar-refractivity contribution in [1.29, 1.82) is 0 Å². The molecule has 0 bridgehead atoms. The fraction of sp³-hybridized carbons (Fsp3) is 0. The molecule has 3 aromatic heterocycles. The lowest BCUT2D eigenvalue weighted by Crippen LogP contribution is -2.24. The summed E-state index contributed by atoms with van der Waals surface area (Å²) in [4.78, 5) is 10.6. The minimum absolute atomic E-state index is 0.797. The average Bonchev–Trinajstić information content (AvgIpc) is 3.85.